The first-order valence-electron chi connectivity index (χ1n) is 5.82. The highest BCUT2D eigenvalue weighted by atomic mass is 19.4. The topological polar surface area (TPSA) is 38.1 Å². The highest BCUT2D eigenvalue weighted by Gasteiger charge is 2.39. The summed E-state index contributed by atoms with van der Waals surface area (Å²) in [7, 11) is 1.50. The molecule has 0 fully saturated rings. The van der Waals surface area contributed by atoms with Crippen LogP contribution in [0.5, 0.6) is 0 Å². The molecule has 0 aromatic carbocycles. The number of hydrogen-bond acceptors (Lipinski definition) is 3. The molecule has 0 saturated carbocycles. The third kappa shape index (κ3) is 4.01. The van der Waals surface area contributed by atoms with Crippen LogP contribution in [-0.4, -0.2) is 24.9 Å². The summed E-state index contributed by atoms with van der Waals surface area (Å²) in [5, 5.41) is 6.27. The Morgan fingerprint density at radius 3 is 2.33 bits per heavy atom. The van der Waals surface area contributed by atoms with Crippen LogP contribution in [0.15, 0.2) is 10.6 Å². The second-order valence-electron chi connectivity index (χ2n) is 5.43. The van der Waals surface area contributed by atoms with Gasteiger partial charge in [0, 0.05) is 24.4 Å². The highest BCUT2D eigenvalue weighted by molar-refractivity contribution is 5.13. The molecular weight excluding hydrogens is 245 g/mol. The summed E-state index contributed by atoms with van der Waals surface area (Å²) in [6, 6.07) is 1.61. The minimum atomic E-state index is -4.23. The van der Waals surface area contributed by atoms with Crippen molar-refractivity contribution >= 4 is 0 Å². The van der Waals surface area contributed by atoms with E-state index in [0.717, 1.165) is 0 Å². The summed E-state index contributed by atoms with van der Waals surface area (Å²) in [6.45, 7) is 5.64. The number of aromatic nitrogens is 1. The molecule has 0 amide bonds. The van der Waals surface area contributed by atoms with Crippen molar-refractivity contribution in [1.29, 1.82) is 0 Å². The largest absolute Gasteiger partial charge is 0.393 e. The first-order chi connectivity index (χ1) is 8.14. The lowest BCUT2D eigenvalue weighted by Gasteiger charge is -2.18. The molecule has 1 atom stereocenters. The van der Waals surface area contributed by atoms with E-state index in [-0.39, 0.29) is 18.4 Å². The van der Waals surface area contributed by atoms with Crippen LogP contribution in [0, 0.1) is 5.92 Å². The zero-order chi connectivity index (χ0) is 14.0. The zero-order valence-electron chi connectivity index (χ0n) is 11.1. The molecule has 0 aliphatic carbocycles. The predicted molar refractivity (Wildman–Crippen MR) is 62.4 cm³/mol. The standard InChI is InChI=1S/C12H19F3N2O/c1-11(2,3)10-6-9(17-18-10)5-8(7-16-4)12(13,14)15/h6,8,16H,5,7H2,1-4H3. The van der Waals surface area contributed by atoms with Crippen LogP contribution >= 0.6 is 0 Å². The molecule has 3 nitrogen and oxygen atoms in total. The maximum absolute atomic E-state index is 12.7. The number of alkyl halides is 3. The van der Waals surface area contributed by atoms with Crippen LogP contribution in [-0.2, 0) is 11.8 Å². The van der Waals surface area contributed by atoms with Gasteiger partial charge in [0.1, 0.15) is 5.76 Å². The van der Waals surface area contributed by atoms with Gasteiger partial charge in [-0.15, -0.1) is 0 Å². The van der Waals surface area contributed by atoms with Crippen molar-refractivity contribution in [3.8, 4) is 0 Å². The van der Waals surface area contributed by atoms with Gasteiger partial charge in [0.2, 0.25) is 0 Å². The van der Waals surface area contributed by atoms with Gasteiger partial charge in [-0.2, -0.15) is 13.2 Å². The Morgan fingerprint density at radius 2 is 1.94 bits per heavy atom. The van der Waals surface area contributed by atoms with Crippen LogP contribution in [0.1, 0.15) is 32.2 Å². The van der Waals surface area contributed by atoms with Crippen LogP contribution < -0.4 is 5.32 Å². The van der Waals surface area contributed by atoms with E-state index >= 15 is 0 Å². The van der Waals surface area contributed by atoms with Crippen molar-refractivity contribution in [2.75, 3.05) is 13.6 Å². The molecule has 0 spiro atoms. The number of halogens is 3. The lowest BCUT2D eigenvalue weighted by molar-refractivity contribution is -0.172. The summed E-state index contributed by atoms with van der Waals surface area (Å²) in [6.07, 6.45) is -4.40. The van der Waals surface area contributed by atoms with Crippen molar-refractivity contribution < 1.29 is 17.7 Å². The molecule has 1 aromatic rings. The first kappa shape index (κ1) is 15.0. The van der Waals surface area contributed by atoms with Crippen LogP contribution in [0.4, 0.5) is 13.2 Å². The lowest BCUT2D eigenvalue weighted by atomic mass is 9.92. The van der Waals surface area contributed by atoms with Gasteiger partial charge >= 0.3 is 6.18 Å². The minimum absolute atomic E-state index is 0.124. The monoisotopic (exact) mass is 264 g/mol. The second kappa shape index (κ2) is 5.30. The molecule has 1 unspecified atom stereocenters. The van der Waals surface area contributed by atoms with Crippen molar-refractivity contribution in [2.45, 2.75) is 38.8 Å². The minimum Gasteiger partial charge on any atom is -0.361 e. The van der Waals surface area contributed by atoms with Crippen LogP contribution in [0.25, 0.3) is 0 Å². The number of rotatable bonds is 4. The van der Waals surface area contributed by atoms with Gasteiger partial charge in [0.25, 0.3) is 0 Å². The molecule has 0 bridgehead atoms. The average molecular weight is 264 g/mol. The average Bonchev–Trinajstić information content (AvgIpc) is 2.63. The smallest absolute Gasteiger partial charge is 0.361 e. The Kier molecular flexibility index (Phi) is 4.42. The van der Waals surface area contributed by atoms with E-state index in [1.54, 1.807) is 6.07 Å². The molecule has 1 N–H and O–H groups in total. The third-order valence-electron chi connectivity index (χ3n) is 2.67. The Balaban J connectivity index is 2.79. The fourth-order valence-corrected chi connectivity index (χ4v) is 1.56. The maximum Gasteiger partial charge on any atom is 0.393 e. The summed E-state index contributed by atoms with van der Waals surface area (Å²) >= 11 is 0. The fraction of sp³-hybridized carbons (Fsp3) is 0.750. The Bertz CT molecular complexity index is 379. The third-order valence-corrected chi connectivity index (χ3v) is 2.67. The maximum atomic E-state index is 12.7. The molecule has 0 aliphatic rings. The van der Waals surface area contributed by atoms with E-state index in [1.165, 1.54) is 7.05 Å². The number of hydrogen-bond donors (Lipinski definition) is 1. The van der Waals surface area contributed by atoms with Gasteiger partial charge in [-0.05, 0) is 7.05 Å². The van der Waals surface area contributed by atoms with E-state index in [2.05, 4.69) is 10.5 Å². The SMILES string of the molecule is CNCC(Cc1cc(C(C)(C)C)on1)C(F)(F)F. The van der Waals surface area contributed by atoms with Crippen molar-refractivity contribution in [3.05, 3.63) is 17.5 Å². The Morgan fingerprint density at radius 1 is 1.33 bits per heavy atom. The molecule has 0 aliphatic heterocycles. The summed E-state index contributed by atoms with van der Waals surface area (Å²) < 4.78 is 43.3. The van der Waals surface area contributed by atoms with Gasteiger partial charge in [-0.25, -0.2) is 0 Å². The second-order valence-corrected chi connectivity index (χ2v) is 5.43. The van der Waals surface area contributed by atoms with E-state index in [4.69, 9.17) is 4.52 Å². The quantitative estimate of drug-likeness (QED) is 0.908. The molecule has 18 heavy (non-hydrogen) atoms. The number of nitrogens with zero attached hydrogens (tertiary/aromatic N) is 1. The number of nitrogens with one attached hydrogen (secondary N) is 1. The Labute approximate surface area is 105 Å². The summed E-state index contributed by atoms with van der Waals surface area (Å²) in [5.74, 6) is -0.844. The van der Waals surface area contributed by atoms with Crippen molar-refractivity contribution in [3.63, 3.8) is 0 Å². The van der Waals surface area contributed by atoms with Gasteiger partial charge in [0.05, 0.1) is 11.6 Å². The van der Waals surface area contributed by atoms with Gasteiger partial charge < -0.3 is 9.84 Å². The van der Waals surface area contributed by atoms with Gasteiger partial charge in [-0.1, -0.05) is 25.9 Å². The molecule has 0 radical (unpaired) electrons. The van der Waals surface area contributed by atoms with E-state index in [1.807, 2.05) is 20.8 Å². The molecular formula is C12H19F3N2O. The molecule has 0 saturated heterocycles. The lowest BCUT2D eigenvalue weighted by Crippen LogP contribution is -2.33. The van der Waals surface area contributed by atoms with E-state index < -0.39 is 12.1 Å². The zero-order valence-corrected chi connectivity index (χ0v) is 11.1. The molecule has 6 heteroatoms. The summed E-state index contributed by atoms with van der Waals surface area (Å²) in [5.41, 5.74) is 0.0969. The van der Waals surface area contributed by atoms with Crippen LogP contribution in [0.2, 0.25) is 0 Å². The Hall–Kier alpha value is -1.04. The highest BCUT2D eigenvalue weighted by Crippen LogP contribution is 2.30. The molecule has 1 rings (SSSR count). The predicted octanol–water partition coefficient (Wildman–Crippen LogP) is 2.91. The van der Waals surface area contributed by atoms with E-state index in [9.17, 15) is 13.2 Å². The van der Waals surface area contributed by atoms with Gasteiger partial charge in [-0.3, -0.25) is 0 Å². The molecule has 104 valence electrons. The van der Waals surface area contributed by atoms with Gasteiger partial charge in [0.15, 0.2) is 0 Å². The van der Waals surface area contributed by atoms with Crippen LogP contribution in [0.3, 0.4) is 0 Å². The first-order valence-corrected chi connectivity index (χ1v) is 5.82. The van der Waals surface area contributed by atoms with Crippen molar-refractivity contribution in [1.82, 2.24) is 10.5 Å². The molecule has 1 aromatic heterocycles. The summed E-state index contributed by atoms with van der Waals surface area (Å²) in [4.78, 5) is 0. The molecule has 1 heterocycles. The fourth-order valence-electron chi connectivity index (χ4n) is 1.56. The van der Waals surface area contributed by atoms with E-state index in [0.29, 0.717) is 11.5 Å². The van der Waals surface area contributed by atoms with Crippen molar-refractivity contribution in [2.24, 2.45) is 5.92 Å². The normalized spacial score (nSPS) is 14.8.